The zero-order valence-electron chi connectivity index (χ0n) is 17.7. The van der Waals surface area contributed by atoms with E-state index in [0.717, 1.165) is 23.1 Å². The van der Waals surface area contributed by atoms with E-state index in [1.807, 2.05) is 30.3 Å². The average Bonchev–Trinajstić information content (AvgIpc) is 3.22. The van der Waals surface area contributed by atoms with Gasteiger partial charge in [-0.05, 0) is 84.7 Å². The molecule has 1 heterocycles. The second-order valence-corrected chi connectivity index (χ2v) is 8.40. The molecule has 4 aromatic rings. The van der Waals surface area contributed by atoms with Gasteiger partial charge in [-0.2, -0.15) is 0 Å². The van der Waals surface area contributed by atoms with Crippen LogP contribution in [0, 0.1) is 0 Å². The van der Waals surface area contributed by atoms with Gasteiger partial charge in [-0.3, -0.25) is 10.1 Å². The number of nitrogens with zero attached hydrogens (tertiary/aromatic N) is 1. The fourth-order valence-corrected chi connectivity index (χ4v) is 3.62. The number of amides is 1. The first-order valence-electron chi connectivity index (χ1n) is 10.3. The van der Waals surface area contributed by atoms with E-state index in [0.29, 0.717) is 28.1 Å². The smallest absolute Gasteiger partial charge is 0.257 e. The third-order valence-electron chi connectivity index (χ3n) is 5.29. The molecule has 0 fully saturated rings. The van der Waals surface area contributed by atoms with E-state index in [2.05, 4.69) is 41.6 Å². The molecule has 1 aromatic heterocycles. The molecular weight excluding hydrogens is 442 g/mol. The summed E-state index contributed by atoms with van der Waals surface area (Å²) in [6, 6.07) is 20.3. The highest BCUT2D eigenvalue weighted by molar-refractivity contribution is 7.80. The zero-order valence-corrected chi connectivity index (χ0v) is 19.3. The monoisotopic (exact) mass is 463 g/mol. The summed E-state index contributed by atoms with van der Waals surface area (Å²) < 4.78 is 5.96. The van der Waals surface area contributed by atoms with Crippen LogP contribution in [0.3, 0.4) is 0 Å². The number of nitrogens with one attached hydrogen (secondary N) is 2. The third kappa shape index (κ3) is 4.98. The summed E-state index contributed by atoms with van der Waals surface area (Å²) in [7, 11) is 0. The second-order valence-electron chi connectivity index (χ2n) is 7.55. The van der Waals surface area contributed by atoms with Gasteiger partial charge in [-0.1, -0.05) is 37.6 Å². The van der Waals surface area contributed by atoms with E-state index in [-0.39, 0.29) is 11.0 Å². The highest BCUT2D eigenvalue weighted by Gasteiger charge is 2.12. The Labute approximate surface area is 196 Å². The van der Waals surface area contributed by atoms with E-state index < -0.39 is 0 Å². The predicted octanol–water partition coefficient (Wildman–Crippen LogP) is 6.79. The summed E-state index contributed by atoms with van der Waals surface area (Å²) >= 11 is 11.2. The van der Waals surface area contributed by atoms with Gasteiger partial charge in [-0.15, -0.1) is 0 Å². The van der Waals surface area contributed by atoms with Crippen LogP contribution in [0.25, 0.3) is 22.6 Å². The maximum absolute atomic E-state index is 12.3. The fourth-order valence-electron chi connectivity index (χ4n) is 3.28. The van der Waals surface area contributed by atoms with Crippen molar-refractivity contribution in [2.75, 3.05) is 5.32 Å². The molecular formula is C25H22ClN3O2S. The Hall–Kier alpha value is -3.22. The minimum atomic E-state index is -0.314. The lowest BCUT2D eigenvalue weighted by molar-refractivity contribution is 0.0977. The molecule has 4 rings (SSSR count). The number of anilines is 1. The first-order valence-corrected chi connectivity index (χ1v) is 11.1. The molecule has 2 N–H and O–H groups in total. The van der Waals surface area contributed by atoms with Gasteiger partial charge in [0.1, 0.15) is 5.52 Å². The van der Waals surface area contributed by atoms with Crippen molar-refractivity contribution in [1.29, 1.82) is 0 Å². The molecule has 0 saturated carbocycles. The average molecular weight is 464 g/mol. The van der Waals surface area contributed by atoms with Crippen molar-refractivity contribution >= 4 is 51.6 Å². The van der Waals surface area contributed by atoms with E-state index in [4.69, 9.17) is 28.2 Å². The van der Waals surface area contributed by atoms with Crippen LogP contribution in [-0.4, -0.2) is 16.0 Å². The maximum atomic E-state index is 12.3. The van der Waals surface area contributed by atoms with Crippen molar-refractivity contribution in [3.8, 4) is 11.5 Å². The molecule has 0 spiro atoms. The lowest BCUT2D eigenvalue weighted by Gasteiger charge is -2.10. The van der Waals surface area contributed by atoms with Gasteiger partial charge in [0.2, 0.25) is 5.89 Å². The molecule has 0 aliphatic heterocycles. The number of thiocarbonyl (C=S) groups is 1. The zero-order chi connectivity index (χ0) is 22.7. The Morgan fingerprint density at radius 1 is 1.12 bits per heavy atom. The lowest BCUT2D eigenvalue weighted by Crippen LogP contribution is -2.34. The molecule has 0 unspecified atom stereocenters. The van der Waals surface area contributed by atoms with Gasteiger partial charge in [0.25, 0.3) is 5.91 Å². The van der Waals surface area contributed by atoms with Crippen LogP contribution < -0.4 is 10.6 Å². The van der Waals surface area contributed by atoms with Crippen molar-refractivity contribution in [2.45, 2.75) is 26.2 Å². The molecule has 0 saturated heterocycles. The SMILES string of the molecule is CC[C@@H](C)c1ccc2oc(-c3cccc(NC(=S)NC(=O)c4ccc(Cl)cc4)c3)nc2c1. The summed E-state index contributed by atoms with van der Waals surface area (Å²) in [4.78, 5) is 17.0. The Bertz CT molecular complexity index is 1280. The highest BCUT2D eigenvalue weighted by Crippen LogP contribution is 2.29. The summed E-state index contributed by atoms with van der Waals surface area (Å²) in [6.45, 7) is 4.37. The molecule has 3 aromatic carbocycles. The number of benzene rings is 3. The van der Waals surface area contributed by atoms with Gasteiger partial charge in [-0.25, -0.2) is 4.98 Å². The van der Waals surface area contributed by atoms with Gasteiger partial charge >= 0.3 is 0 Å². The molecule has 162 valence electrons. The number of fused-ring (bicyclic) bond motifs is 1. The summed E-state index contributed by atoms with van der Waals surface area (Å²) in [5, 5.41) is 6.46. The van der Waals surface area contributed by atoms with Crippen LogP contribution >= 0.6 is 23.8 Å². The van der Waals surface area contributed by atoms with E-state index in [9.17, 15) is 4.79 Å². The highest BCUT2D eigenvalue weighted by atomic mass is 35.5. The number of oxazole rings is 1. The number of hydrogen-bond donors (Lipinski definition) is 2. The number of aromatic nitrogens is 1. The molecule has 0 bridgehead atoms. The van der Waals surface area contributed by atoms with Crippen LogP contribution in [0.2, 0.25) is 5.02 Å². The van der Waals surface area contributed by atoms with E-state index in [1.165, 1.54) is 5.56 Å². The lowest BCUT2D eigenvalue weighted by atomic mass is 9.98. The topological polar surface area (TPSA) is 67.2 Å². The number of halogens is 1. The molecule has 5 nitrogen and oxygen atoms in total. The van der Waals surface area contributed by atoms with Crippen LogP contribution in [0.15, 0.2) is 71.1 Å². The third-order valence-corrected chi connectivity index (χ3v) is 5.75. The van der Waals surface area contributed by atoms with Gasteiger partial charge in [0, 0.05) is 21.8 Å². The summed E-state index contributed by atoms with van der Waals surface area (Å²) in [5.41, 5.74) is 4.82. The summed E-state index contributed by atoms with van der Waals surface area (Å²) in [5.74, 6) is 0.684. The van der Waals surface area contributed by atoms with Crippen molar-refractivity contribution in [3.63, 3.8) is 0 Å². The maximum Gasteiger partial charge on any atom is 0.257 e. The second kappa shape index (κ2) is 9.51. The van der Waals surface area contributed by atoms with Crippen molar-refractivity contribution in [1.82, 2.24) is 10.3 Å². The Kier molecular flexibility index (Phi) is 6.53. The number of rotatable bonds is 5. The Morgan fingerprint density at radius 2 is 1.91 bits per heavy atom. The van der Waals surface area contributed by atoms with Gasteiger partial charge < -0.3 is 9.73 Å². The minimum Gasteiger partial charge on any atom is -0.436 e. The Morgan fingerprint density at radius 3 is 2.66 bits per heavy atom. The fraction of sp³-hybridized carbons (Fsp3) is 0.160. The number of carbonyl (C=O) groups is 1. The first-order chi connectivity index (χ1) is 15.4. The van der Waals surface area contributed by atoms with Crippen molar-refractivity contribution in [3.05, 3.63) is 82.9 Å². The quantitative estimate of drug-likeness (QED) is 0.319. The number of hydrogen-bond acceptors (Lipinski definition) is 4. The minimum absolute atomic E-state index is 0.192. The predicted molar refractivity (Wildman–Crippen MR) is 133 cm³/mol. The van der Waals surface area contributed by atoms with Crippen LogP contribution in [0.5, 0.6) is 0 Å². The molecule has 0 aliphatic carbocycles. The first kappa shape index (κ1) is 22.0. The van der Waals surface area contributed by atoms with Gasteiger partial charge in [0.05, 0.1) is 0 Å². The molecule has 1 amide bonds. The normalized spacial score (nSPS) is 11.8. The van der Waals surface area contributed by atoms with Crippen molar-refractivity contribution in [2.24, 2.45) is 0 Å². The number of carbonyl (C=O) groups excluding carboxylic acids is 1. The van der Waals surface area contributed by atoms with Gasteiger partial charge in [0.15, 0.2) is 10.7 Å². The van der Waals surface area contributed by atoms with Crippen LogP contribution in [-0.2, 0) is 0 Å². The van der Waals surface area contributed by atoms with E-state index >= 15 is 0 Å². The molecule has 0 radical (unpaired) electrons. The summed E-state index contributed by atoms with van der Waals surface area (Å²) in [6.07, 6.45) is 1.07. The van der Waals surface area contributed by atoms with E-state index in [1.54, 1.807) is 24.3 Å². The largest absolute Gasteiger partial charge is 0.436 e. The Balaban J connectivity index is 1.49. The molecule has 32 heavy (non-hydrogen) atoms. The van der Waals surface area contributed by atoms with Crippen molar-refractivity contribution < 1.29 is 9.21 Å². The standard InChI is InChI=1S/C25H22ClN3O2S/c1-3-15(2)17-9-12-22-21(14-17)28-24(31-22)18-5-4-6-20(13-18)27-25(32)29-23(30)16-7-10-19(26)11-8-16/h4-15H,3H2,1-2H3,(H2,27,29,30,32)/t15-/m1/s1. The molecule has 1 atom stereocenters. The molecule has 0 aliphatic rings. The van der Waals surface area contributed by atoms with Crippen LogP contribution in [0.4, 0.5) is 5.69 Å². The molecule has 7 heteroatoms. The van der Waals surface area contributed by atoms with Crippen LogP contribution in [0.1, 0.15) is 42.1 Å².